The van der Waals surface area contributed by atoms with Crippen LogP contribution in [0, 0.1) is 0 Å². The Hall–Kier alpha value is -1.69. The van der Waals surface area contributed by atoms with Crippen LogP contribution < -0.4 is 5.32 Å². The Balaban J connectivity index is 1.72. The number of hydrogen-bond donors (Lipinski definition) is 1. The molecule has 6 nitrogen and oxygen atoms in total. The van der Waals surface area contributed by atoms with E-state index in [1.54, 1.807) is 6.20 Å². The van der Waals surface area contributed by atoms with Gasteiger partial charge in [-0.2, -0.15) is 10.1 Å². The Labute approximate surface area is 113 Å². The summed E-state index contributed by atoms with van der Waals surface area (Å²) in [4.78, 5) is 4.33. The molecule has 2 heterocycles. The third-order valence-electron chi connectivity index (χ3n) is 2.94. The van der Waals surface area contributed by atoms with Crippen molar-refractivity contribution in [3.8, 4) is 0 Å². The van der Waals surface area contributed by atoms with Crippen LogP contribution in [0.2, 0.25) is 0 Å². The van der Waals surface area contributed by atoms with Gasteiger partial charge in [-0.15, -0.1) is 0 Å². The van der Waals surface area contributed by atoms with Gasteiger partial charge in [0.15, 0.2) is 5.82 Å². The van der Waals surface area contributed by atoms with Crippen molar-refractivity contribution in [3.63, 3.8) is 0 Å². The molecule has 0 aliphatic heterocycles. The van der Waals surface area contributed by atoms with Crippen LogP contribution in [0.15, 0.2) is 23.0 Å². The fraction of sp³-hybridized carbons (Fsp3) is 0.615. The maximum atomic E-state index is 5.16. The van der Waals surface area contributed by atoms with E-state index >= 15 is 0 Å². The molecule has 19 heavy (non-hydrogen) atoms. The van der Waals surface area contributed by atoms with Gasteiger partial charge in [0.2, 0.25) is 5.89 Å². The monoisotopic (exact) mass is 263 g/mol. The smallest absolute Gasteiger partial charge is 0.229 e. The molecule has 2 aromatic heterocycles. The molecule has 0 radical (unpaired) electrons. The molecular formula is C13H21N5O. The zero-order valence-electron chi connectivity index (χ0n) is 11.7. The van der Waals surface area contributed by atoms with Crippen molar-refractivity contribution in [2.45, 2.75) is 52.2 Å². The first-order valence-corrected chi connectivity index (χ1v) is 6.68. The Morgan fingerprint density at radius 1 is 1.37 bits per heavy atom. The van der Waals surface area contributed by atoms with Gasteiger partial charge in [-0.05, 0) is 19.4 Å². The highest BCUT2D eigenvalue weighted by atomic mass is 16.5. The van der Waals surface area contributed by atoms with E-state index in [4.69, 9.17) is 4.52 Å². The van der Waals surface area contributed by atoms with Crippen LogP contribution in [0.5, 0.6) is 0 Å². The molecule has 0 fully saturated rings. The van der Waals surface area contributed by atoms with E-state index in [1.165, 1.54) is 0 Å². The minimum absolute atomic E-state index is 0.276. The van der Waals surface area contributed by atoms with E-state index in [1.807, 2.05) is 30.8 Å². The molecule has 0 saturated heterocycles. The van der Waals surface area contributed by atoms with Gasteiger partial charge < -0.3 is 9.84 Å². The molecule has 1 atom stereocenters. The fourth-order valence-corrected chi connectivity index (χ4v) is 1.70. The van der Waals surface area contributed by atoms with E-state index < -0.39 is 0 Å². The number of nitrogens with zero attached hydrogens (tertiary/aromatic N) is 4. The van der Waals surface area contributed by atoms with Crippen molar-refractivity contribution in [2.75, 3.05) is 0 Å². The summed E-state index contributed by atoms with van der Waals surface area (Å²) in [5, 5.41) is 11.5. The van der Waals surface area contributed by atoms with Crippen LogP contribution in [-0.4, -0.2) is 26.0 Å². The molecular weight excluding hydrogens is 242 g/mol. The van der Waals surface area contributed by atoms with Crippen LogP contribution in [-0.2, 0) is 13.1 Å². The van der Waals surface area contributed by atoms with Gasteiger partial charge in [0.05, 0.1) is 6.54 Å². The van der Waals surface area contributed by atoms with E-state index in [9.17, 15) is 0 Å². The lowest BCUT2D eigenvalue weighted by molar-refractivity contribution is 0.357. The Kier molecular flexibility index (Phi) is 4.68. The van der Waals surface area contributed by atoms with Gasteiger partial charge in [-0.3, -0.25) is 4.68 Å². The van der Waals surface area contributed by atoms with Gasteiger partial charge >= 0.3 is 0 Å². The molecule has 104 valence electrons. The van der Waals surface area contributed by atoms with E-state index in [-0.39, 0.29) is 5.92 Å². The second-order valence-corrected chi connectivity index (χ2v) is 5.04. The Bertz CT molecular complexity index is 477. The molecule has 0 bridgehead atoms. The van der Waals surface area contributed by atoms with E-state index in [0.717, 1.165) is 18.8 Å². The van der Waals surface area contributed by atoms with Crippen LogP contribution in [0.3, 0.4) is 0 Å². The lowest BCUT2D eigenvalue weighted by Gasteiger charge is -2.12. The van der Waals surface area contributed by atoms with Crippen molar-refractivity contribution in [1.29, 1.82) is 0 Å². The standard InChI is InChI=1S/C13H21N5O/c1-10(2)13-16-12(17-19-13)9-14-11(3)5-8-18-7-4-6-15-18/h4,6-7,10-11,14H,5,8-9H2,1-3H3. The minimum Gasteiger partial charge on any atom is -0.339 e. The normalized spacial score (nSPS) is 13.1. The SMILES string of the molecule is CC(CCn1cccn1)NCc1noc(C(C)C)n1. The average molecular weight is 263 g/mol. The number of hydrogen-bond acceptors (Lipinski definition) is 5. The maximum Gasteiger partial charge on any atom is 0.229 e. The highest BCUT2D eigenvalue weighted by Crippen LogP contribution is 2.10. The highest BCUT2D eigenvalue weighted by Gasteiger charge is 2.10. The van der Waals surface area contributed by atoms with Crippen molar-refractivity contribution < 1.29 is 4.52 Å². The lowest BCUT2D eigenvalue weighted by Crippen LogP contribution is -2.27. The molecule has 1 N–H and O–H groups in total. The van der Waals surface area contributed by atoms with Gasteiger partial charge in [0, 0.05) is 30.9 Å². The second-order valence-electron chi connectivity index (χ2n) is 5.04. The van der Waals surface area contributed by atoms with Crippen molar-refractivity contribution in [2.24, 2.45) is 0 Å². The van der Waals surface area contributed by atoms with Crippen LogP contribution in [0.25, 0.3) is 0 Å². The largest absolute Gasteiger partial charge is 0.339 e. The maximum absolute atomic E-state index is 5.16. The first kappa shape index (κ1) is 13.7. The van der Waals surface area contributed by atoms with Crippen LogP contribution in [0.4, 0.5) is 0 Å². The predicted octanol–water partition coefficient (Wildman–Crippen LogP) is 1.96. The molecule has 0 aliphatic rings. The summed E-state index contributed by atoms with van der Waals surface area (Å²) in [6.45, 7) is 7.77. The van der Waals surface area contributed by atoms with E-state index in [0.29, 0.717) is 18.5 Å². The number of rotatable bonds is 7. The predicted molar refractivity (Wildman–Crippen MR) is 71.5 cm³/mol. The fourth-order valence-electron chi connectivity index (χ4n) is 1.70. The topological polar surface area (TPSA) is 68.8 Å². The molecule has 0 saturated carbocycles. The lowest BCUT2D eigenvalue weighted by atomic mass is 10.2. The second kappa shape index (κ2) is 6.47. The third kappa shape index (κ3) is 4.17. The summed E-state index contributed by atoms with van der Waals surface area (Å²) >= 11 is 0. The summed E-state index contributed by atoms with van der Waals surface area (Å²) in [7, 11) is 0. The van der Waals surface area contributed by atoms with Gasteiger partial charge in [-0.1, -0.05) is 19.0 Å². The van der Waals surface area contributed by atoms with Crippen LogP contribution in [0.1, 0.15) is 44.8 Å². The highest BCUT2D eigenvalue weighted by molar-refractivity contribution is 4.90. The summed E-state index contributed by atoms with van der Waals surface area (Å²) < 4.78 is 7.10. The first-order chi connectivity index (χ1) is 9.15. The zero-order chi connectivity index (χ0) is 13.7. The molecule has 0 spiro atoms. The zero-order valence-corrected chi connectivity index (χ0v) is 11.7. The molecule has 0 aliphatic carbocycles. The van der Waals surface area contributed by atoms with Crippen LogP contribution >= 0.6 is 0 Å². The first-order valence-electron chi connectivity index (χ1n) is 6.68. The van der Waals surface area contributed by atoms with Crippen molar-refractivity contribution in [3.05, 3.63) is 30.2 Å². The van der Waals surface area contributed by atoms with E-state index in [2.05, 4.69) is 27.5 Å². The summed E-state index contributed by atoms with van der Waals surface area (Å²) in [5.41, 5.74) is 0. The van der Waals surface area contributed by atoms with Gasteiger partial charge in [0.1, 0.15) is 0 Å². The Morgan fingerprint density at radius 2 is 2.21 bits per heavy atom. The molecule has 6 heteroatoms. The number of aryl methyl sites for hydroxylation is 1. The number of nitrogens with one attached hydrogen (secondary N) is 1. The Morgan fingerprint density at radius 3 is 2.84 bits per heavy atom. The van der Waals surface area contributed by atoms with Gasteiger partial charge in [-0.25, -0.2) is 0 Å². The average Bonchev–Trinajstić information content (AvgIpc) is 3.05. The van der Waals surface area contributed by atoms with Crippen molar-refractivity contribution >= 4 is 0 Å². The number of aromatic nitrogens is 4. The molecule has 0 aromatic carbocycles. The molecule has 1 unspecified atom stereocenters. The summed E-state index contributed by atoms with van der Waals surface area (Å²) in [6, 6.07) is 2.32. The van der Waals surface area contributed by atoms with Gasteiger partial charge in [0.25, 0.3) is 0 Å². The molecule has 2 aromatic rings. The summed E-state index contributed by atoms with van der Waals surface area (Å²) in [5.74, 6) is 1.69. The quantitative estimate of drug-likeness (QED) is 0.827. The summed E-state index contributed by atoms with van der Waals surface area (Å²) in [6.07, 6.45) is 4.78. The molecule has 0 amide bonds. The minimum atomic E-state index is 0.276. The van der Waals surface area contributed by atoms with Crippen molar-refractivity contribution in [1.82, 2.24) is 25.2 Å². The third-order valence-corrected chi connectivity index (χ3v) is 2.94. The molecule has 2 rings (SSSR count).